The highest BCUT2D eigenvalue weighted by Crippen LogP contribution is 2.19. The molecule has 3 rings (SSSR count). The summed E-state index contributed by atoms with van der Waals surface area (Å²) in [6.45, 7) is 1.59. The molecule has 2 amide bonds. The lowest BCUT2D eigenvalue weighted by atomic mass is 10.0. The maximum absolute atomic E-state index is 12.2. The summed E-state index contributed by atoms with van der Waals surface area (Å²) in [4.78, 5) is 24.3. The van der Waals surface area contributed by atoms with Crippen LogP contribution in [0.4, 0.5) is 0 Å². The summed E-state index contributed by atoms with van der Waals surface area (Å²) < 4.78 is 5.51. The number of hydrogen-bond acceptors (Lipinski definition) is 3. The zero-order valence-corrected chi connectivity index (χ0v) is 15.9. The Balaban J connectivity index is 1.53. The number of nitrogens with one attached hydrogen (secondary N) is 2. The van der Waals surface area contributed by atoms with Crippen LogP contribution in [0.1, 0.15) is 17.3 Å². The lowest BCUT2D eigenvalue weighted by molar-refractivity contribution is -0.128. The van der Waals surface area contributed by atoms with Crippen LogP contribution in [-0.2, 0) is 4.79 Å². The lowest BCUT2D eigenvalue weighted by Crippen LogP contribution is -2.47. The molecule has 3 aromatic carbocycles. The minimum atomic E-state index is -0.790. The van der Waals surface area contributed by atoms with Gasteiger partial charge in [0.1, 0.15) is 5.75 Å². The summed E-state index contributed by atoms with van der Waals surface area (Å²) in [6.07, 6.45) is -0.790. The van der Waals surface area contributed by atoms with Crippen LogP contribution in [-0.4, -0.2) is 17.9 Å². The van der Waals surface area contributed by atoms with Gasteiger partial charge in [0, 0.05) is 10.6 Å². The summed E-state index contributed by atoms with van der Waals surface area (Å²) in [5, 5.41) is 0.579. The number of hydrazine groups is 1. The third-order valence-electron chi connectivity index (χ3n) is 4.05. The molecule has 0 aliphatic heterocycles. The van der Waals surface area contributed by atoms with Gasteiger partial charge in [0.25, 0.3) is 11.8 Å². The molecule has 3 aromatic rings. The van der Waals surface area contributed by atoms with E-state index in [1.165, 1.54) is 0 Å². The number of halogens is 1. The Kier molecular flexibility index (Phi) is 6.29. The van der Waals surface area contributed by atoms with Crippen molar-refractivity contribution >= 4 is 23.4 Å². The van der Waals surface area contributed by atoms with E-state index < -0.39 is 17.9 Å². The SMILES string of the molecule is CC(Oc1ccc(Cl)cc1)C(=O)NNC(=O)c1ccc(-c2ccccc2)cc1. The third-order valence-corrected chi connectivity index (χ3v) is 4.30. The number of hydrogen-bond donors (Lipinski definition) is 2. The maximum Gasteiger partial charge on any atom is 0.279 e. The predicted octanol–water partition coefficient (Wildman–Crippen LogP) is 4.24. The minimum absolute atomic E-state index is 0.411. The summed E-state index contributed by atoms with van der Waals surface area (Å²) in [5.41, 5.74) is 7.27. The van der Waals surface area contributed by atoms with Crippen molar-refractivity contribution in [3.05, 3.63) is 89.4 Å². The quantitative estimate of drug-likeness (QED) is 0.636. The van der Waals surface area contributed by atoms with Gasteiger partial charge < -0.3 is 4.74 Å². The Hall–Kier alpha value is -3.31. The van der Waals surface area contributed by atoms with E-state index in [0.29, 0.717) is 16.3 Å². The van der Waals surface area contributed by atoms with Gasteiger partial charge in [0.2, 0.25) is 0 Å². The second-order valence-corrected chi connectivity index (χ2v) is 6.54. The molecule has 0 saturated carbocycles. The second kappa shape index (κ2) is 9.06. The molecule has 0 aliphatic rings. The first-order chi connectivity index (χ1) is 13.5. The zero-order valence-electron chi connectivity index (χ0n) is 15.2. The van der Waals surface area contributed by atoms with E-state index >= 15 is 0 Å². The Morgan fingerprint density at radius 1 is 0.821 bits per heavy atom. The normalized spacial score (nSPS) is 11.4. The van der Waals surface area contributed by atoms with Crippen LogP contribution >= 0.6 is 11.6 Å². The van der Waals surface area contributed by atoms with Gasteiger partial charge in [0.05, 0.1) is 0 Å². The van der Waals surface area contributed by atoms with E-state index in [1.54, 1.807) is 43.3 Å². The van der Waals surface area contributed by atoms with Crippen LogP contribution < -0.4 is 15.6 Å². The fourth-order valence-electron chi connectivity index (χ4n) is 2.51. The van der Waals surface area contributed by atoms with E-state index in [4.69, 9.17) is 16.3 Å². The van der Waals surface area contributed by atoms with Gasteiger partial charge in [-0.3, -0.25) is 20.4 Å². The highest BCUT2D eigenvalue weighted by Gasteiger charge is 2.16. The van der Waals surface area contributed by atoms with Crippen molar-refractivity contribution in [3.63, 3.8) is 0 Å². The first-order valence-electron chi connectivity index (χ1n) is 8.71. The average molecular weight is 395 g/mol. The Bertz CT molecular complexity index is 942. The molecule has 0 fully saturated rings. The molecule has 0 heterocycles. The molecule has 5 nitrogen and oxygen atoms in total. The van der Waals surface area contributed by atoms with Crippen LogP contribution in [0.15, 0.2) is 78.9 Å². The zero-order chi connectivity index (χ0) is 19.9. The largest absolute Gasteiger partial charge is 0.481 e. The Morgan fingerprint density at radius 3 is 2.07 bits per heavy atom. The van der Waals surface area contributed by atoms with Crippen molar-refractivity contribution in [2.75, 3.05) is 0 Å². The van der Waals surface area contributed by atoms with Crippen LogP contribution in [0.3, 0.4) is 0 Å². The molecule has 1 unspecified atom stereocenters. The van der Waals surface area contributed by atoms with Gasteiger partial charge in [-0.15, -0.1) is 0 Å². The van der Waals surface area contributed by atoms with E-state index in [2.05, 4.69) is 10.9 Å². The van der Waals surface area contributed by atoms with Crippen LogP contribution in [0, 0.1) is 0 Å². The second-order valence-electron chi connectivity index (χ2n) is 6.10. The van der Waals surface area contributed by atoms with Crippen molar-refractivity contribution in [1.82, 2.24) is 10.9 Å². The van der Waals surface area contributed by atoms with E-state index in [-0.39, 0.29) is 0 Å². The molecule has 0 saturated heterocycles. The van der Waals surface area contributed by atoms with Crippen molar-refractivity contribution in [2.24, 2.45) is 0 Å². The molecular weight excluding hydrogens is 376 g/mol. The number of rotatable bonds is 5. The van der Waals surface area contributed by atoms with Gasteiger partial charge >= 0.3 is 0 Å². The van der Waals surface area contributed by atoms with Gasteiger partial charge in [-0.25, -0.2) is 0 Å². The molecule has 142 valence electrons. The van der Waals surface area contributed by atoms with Crippen molar-refractivity contribution in [1.29, 1.82) is 0 Å². The van der Waals surface area contributed by atoms with Crippen molar-refractivity contribution < 1.29 is 14.3 Å². The average Bonchev–Trinajstić information content (AvgIpc) is 2.74. The fourth-order valence-corrected chi connectivity index (χ4v) is 2.63. The van der Waals surface area contributed by atoms with Gasteiger partial charge in [-0.2, -0.15) is 0 Å². The number of carbonyl (C=O) groups excluding carboxylic acids is 2. The highest BCUT2D eigenvalue weighted by atomic mass is 35.5. The maximum atomic E-state index is 12.2. The predicted molar refractivity (Wildman–Crippen MR) is 109 cm³/mol. The van der Waals surface area contributed by atoms with Crippen LogP contribution in [0.5, 0.6) is 5.75 Å². The molecule has 1 atom stereocenters. The Labute approximate surface area is 168 Å². The summed E-state index contributed by atoms with van der Waals surface area (Å²) in [5.74, 6) is -0.370. The monoisotopic (exact) mass is 394 g/mol. The number of carbonyl (C=O) groups is 2. The first kappa shape index (κ1) is 19.5. The third kappa shape index (κ3) is 5.11. The Morgan fingerprint density at radius 2 is 1.43 bits per heavy atom. The molecule has 0 spiro atoms. The molecule has 0 radical (unpaired) electrons. The minimum Gasteiger partial charge on any atom is -0.481 e. The van der Waals surface area contributed by atoms with Crippen LogP contribution in [0.2, 0.25) is 5.02 Å². The smallest absolute Gasteiger partial charge is 0.279 e. The fraction of sp³-hybridized carbons (Fsp3) is 0.0909. The highest BCUT2D eigenvalue weighted by molar-refractivity contribution is 6.30. The molecular formula is C22H19ClN2O3. The van der Waals surface area contributed by atoms with E-state index in [9.17, 15) is 9.59 Å². The molecule has 0 bridgehead atoms. The van der Waals surface area contributed by atoms with Gasteiger partial charge in [-0.05, 0) is 54.4 Å². The molecule has 28 heavy (non-hydrogen) atoms. The van der Waals surface area contributed by atoms with Gasteiger partial charge in [-0.1, -0.05) is 54.1 Å². The lowest BCUT2D eigenvalue weighted by Gasteiger charge is -2.15. The van der Waals surface area contributed by atoms with E-state index in [1.807, 2.05) is 42.5 Å². The summed E-state index contributed by atoms with van der Waals surface area (Å²) in [7, 11) is 0. The van der Waals surface area contributed by atoms with Gasteiger partial charge in [0.15, 0.2) is 6.10 Å². The number of ether oxygens (including phenoxy) is 1. The first-order valence-corrected chi connectivity index (χ1v) is 9.08. The van der Waals surface area contributed by atoms with Crippen LogP contribution in [0.25, 0.3) is 11.1 Å². The van der Waals surface area contributed by atoms with Crippen molar-refractivity contribution in [2.45, 2.75) is 13.0 Å². The summed E-state index contributed by atoms with van der Waals surface area (Å²) in [6, 6.07) is 23.7. The van der Waals surface area contributed by atoms with E-state index in [0.717, 1.165) is 11.1 Å². The topological polar surface area (TPSA) is 67.4 Å². The standard InChI is InChI=1S/C22H19ClN2O3/c1-15(28-20-13-11-19(23)12-14-20)21(26)24-25-22(27)18-9-7-17(8-10-18)16-5-3-2-4-6-16/h2-15H,1H3,(H,24,26)(H,25,27). The number of benzene rings is 3. The molecule has 0 aromatic heterocycles. The molecule has 0 aliphatic carbocycles. The summed E-state index contributed by atoms with van der Waals surface area (Å²) >= 11 is 5.82. The van der Waals surface area contributed by atoms with Crippen molar-refractivity contribution in [3.8, 4) is 16.9 Å². The number of amides is 2. The molecule has 6 heteroatoms. The molecule has 2 N–H and O–H groups in total.